The number of hydrogen-bond donors (Lipinski definition) is 1. The van der Waals surface area contributed by atoms with Crippen LogP contribution in [0.5, 0.6) is 0 Å². The zero-order chi connectivity index (χ0) is 16.3. The predicted octanol–water partition coefficient (Wildman–Crippen LogP) is 3.64. The summed E-state index contributed by atoms with van der Waals surface area (Å²) in [6.45, 7) is 0.877. The van der Waals surface area contributed by atoms with Crippen LogP contribution in [-0.4, -0.2) is 36.6 Å². The summed E-state index contributed by atoms with van der Waals surface area (Å²) in [7, 11) is 0. The molecule has 1 unspecified atom stereocenters. The Balaban J connectivity index is 2.39. The largest absolute Gasteiger partial charge is 0.417 e. The third-order valence-electron chi connectivity index (χ3n) is 3.07. The van der Waals surface area contributed by atoms with Crippen LogP contribution in [0.25, 0.3) is 5.57 Å². The van der Waals surface area contributed by atoms with Crippen molar-refractivity contribution in [2.75, 3.05) is 19.3 Å². The Bertz CT molecular complexity index is 589. The Labute approximate surface area is 128 Å². The zero-order valence-electron chi connectivity index (χ0n) is 11.5. The molecule has 8 heteroatoms. The van der Waals surface area contributed by atoms with Gasteiger partial charge in [0.25, 0.3) is 0 Å². The van der Waals surface area contributed by atoms with Gasteiger partial charge in [0, 0.05) is 17.9 Å². The smallest absolute Gasteiger partial charge is 0.369 e. The van der Waals surface area contributed by atoms with Crippen LogP contribution in [0.15, 0.2) is 29.3 Å². The molecule has 22 heavy (non-hydrogen) atoms. The van der Waals surface area contributed by atoms with Gasteiger partial charge in [-0.3, -0.25) is 4.99 Å². The fourth-order valence-electron chi connectivity index (χ4n) is 1.97. The standard InChI is InChI=1S/C14H13F5N2S/c1-22-11-6-20-13(21-7-11)5-12(14(17,18)19)8-2-9(15)4-10(16)3-8/h2-5,11H,6-7H2,1H3,(H,20,21)/b12-5-. The van der Waals surface area contributed by atoms with Crippen LogP contribution in [0.3, 0.4) is 0 Å². The number of aliphatic imine (C=N–C) groups is 1. The van der Waals surface area contributed by atoms with Gasteiger partial charge in [0.1, 0.15) is 17.5 Å². The second-order valence-corrected chi connectivity index (χ2v) is 5.82. The second-order valence-electron chi connectivity index (χ2n) is 4.68. The minimum absolute atomic E-state index is 0.0577. The van der Waals surface area contributed by atoms with Crippen LogP contribution in [0, 0.1) is 11.6 Å². The summed E-state index contributed by atoms with van der Waals surface area (Å²) in [6, 6.07) is 1.82. The number of nitrogens with one attached hydrogen (secondary N) is 1. The van der Waals surface area contributed by atoms with Gasteiger partial charge in [-0.15, -0.1) is 0 Å². The zero-order valence-corrected chi connectivity index (χ0v) is 12.4. The van der Waals surface area contributed by atoms with Gasteiger partial charge in [-0.25, -0.2) is 8.78 Å². The summed E-state index contributed by atoms with van der Waals surface area (Å²) >= 11 is 1.56. The van der Waals surface area contributed by atoms with Crippen LogP contribution in [0.2, 0.25) is 0 Å². The highest BCUT2D eigenvalue weighted by atomic mass is 32.2. The van der Waals surface area contributed by atoms with E-state index in [9.17, 15) is 22.0 Å². The quantitative estimate of drug-likeness (QED) is 0.852. The van der Waals surface area contributed by atoms with Crippen LogP contribution >= 0.6 is 11.8 Å². The first-order valence-corrected chi connectivity index (χ1v) is 7.65. The van der Waals surface area contributed by atoms with E-state index in [1.54, 1.807) is 11.8 Å². The fourth-order valence-corrected chi connectivity index (χ4v) is 2.44. The molecule has 0 radical (unpaired) electrons. The Hall–Kier alpha value is -1.57. The van der Waals surface area contributed by atoms with Crippen molar-refractivity contribution in [2.45, 2.75) is 11.4 Å². The summed E-state index contributed by atoms with van der Waals surface area (Å²) in [5.74, 6) is -2.07. The second kappa shape index (κ2) is 6.68. The third kappa shape index (κ3) is 4.22. The maximum Gasteiger partial charge on any atom is 0.417 e. The number of nitrogens with zero attached hydrogens (tertiary/aromatic N) is 1. The Morgan fingerprint density at radius 1 is 1.27 bits per heavy atom. The molecule has 0 bridgehead atoms. The molecule has 0 aromatic heterocycles. The number of alkyl halides is 3. The van der Waals surface area contributed by atoms with Crippen molar-refractivity contribution in [3.05, 3.63) is 41.5 Å². The molecule has 0 saturated heterocycles. The summed E-state index contributed by atoms with van der Waals surface area (Å²) < 4.78 is 65.8. The van der Waals surface area contributed by atoms with Gasteiger partial charge in [0.15, 0.2) is 0 Å². The lowest BCUT2D eigenvalue weighted by atomic mass is 10.0. The molecule has 2 rings (SSSR count). The van der Waals surface area contributed by atoms with Crippen molar-refractivity contribution in [2.24, 2.45) is 4.99 Å². The van der Waals surface area contributed by atoms with Gasteiger partial charge in [0.05, 0.1) is 12.1 Å². The summed E-state index contributed by atoms with van der Waals surface area (Å²) in [5, 5.41) is 2.98. The number of halogens is 5. The van der Waals surface area contributed by atoms with E-state index < -0.39 is 28.9 Å². The molecule has 0 amide bonds. The van der Waals surface area contributed by atoms with E-state index in [1.807, 2.05) is 6.26 Å². The van der Waals surface area contributed by atoms with Gasteiger partial charge >= 0.3 is 6.18 Å². The molecule has 1 aliphatic heterocycles. The Morgan fingerprint density at radius 3 is 2.36 bits per heavy atom. The number of allylic oxidation sites excluding steroid dienone is 1. The van der Waals surface area contributed by atoms with Crippen LogP contribution in [-0.2, 0) is 0 Å². The van der Waals surface area contributed by atoms with E-state index in [0.29, 0.717) is 31.3 Å². The SMILES string of the molecule is CSC1CN=C(/C=C(/c2cc(F)cc(F)c2)C(F)(F)F)NC1. The first-order chi connectivity index (χ1) is 10.3. The number of thioether (sulfide) groups is 1. The Morgan fingerprint density at radius 2 is 1.91 bits per heavy atom. The van der Waals surface area contributed by atoms with Crippen molar-refractivity contribution in [1.82, 2.24) is 5.32 Å². The molecule has 0 aliphatic carbocycles. The predicted molar refractivity (Wildman–Crippen MR) is 78.0 cm³/mol. The van der Waals surface area contributed by atoms with E-state index in [-0.39, 0.29) is 11.1 Å². The van der Waals surface area contributed by atoms with Crippen molar-refractivity contribution in [1.29, 1.82) is 0 Å². The van der Waals surface area contributed by atoms with Gasteiger partial charge < -0.3 is 5.32 Å². The van der Waals surface area contributed by atoms with Crippen LogP contribution in [0.1, 0.15) is 5.56 Å². The van der Waals surface area contributed by atoms with Crippen LogP contribution < -0.4 is 5.32 Å². The lowest BCUT2D eigenvalue weighted by Crippen LogP contribution is -2.36. The highest BCUT2D eigenvalue weighted by Crippen LogP contribution is 2.34. The molecule has 2 nitrogen and oxygen atoms in total. The van der Waals surface area contributed by atoms with Gasteiger partial charge in [-0.1, -0.05) is 0 Å². The molecule has 1 atom stereocenters. The van der Waals surface area contributed by atoms with Crippen molar-refractivity contribution >= 4 is 23.2 Å². The van der Waals surface area contributed by atoms with E-state index in [4.69, 9.17) is 0 Å². The molecular formula is C14H13F5N2S. The first kappa shape index (κ1) is 16.8. The van der Waals surface area contributed by atoms with Gasteiger partial charge in [0.2, 0.25) is 0 Å². The van der Waals surface area contributed by atoms with Crippen molar-refractivity contribution in [3.8, 4) is 0 Å². The molecular weight excluding hydrogens is 323 g/mol. The van der Waals surface area contributed by atoms with E-state index >= 15 is 0 Å². The minimum Gasteiger partial charge on any atom is -0.369 e. The summed E-state index contributed by atoms with van der Waals surface area (Å²) in [6.07, 6.45) is -2.08. The van der Waals surface area contributed by atoms with Crippen molar-refractivity contribution < 1.29 is 22.0 Å². The minimum atomic E-state index is -4.75. The van der Waals surface area contributed by atoms with Crippen LogP contribution in [0.4, 0.5) is 22.0 Å². The average Bonchev–Trinajstić information content (AvgIpc) is 2.43. The molecule has 1 N–H and O–H groups in total. The molecule has 0 fully saturated rings. The lowest BCUT2D eigenvalue weighted by Gasteiger charge is -2.21. The fraction of sp³-hybridized carbons (Fsp3) is 0.357. The monoisotopic (exact) mass is 336 g/mol. The lowest BCUT2D eigenvalue weighted by molar-refractivity contribution is -0.0688. The van der Waals surface area contributed by atoms with E-state index in [2.05, 4.69) is 10.3 Å². The molecule has 1 aliphatic rings. The van der Waals surface area contributed by atoms with Gasteiger partial charge in [-0.05, 0) is 30.0 Å². The highest BCUT2D eigenvalue weighted by molar-refractivity contribution is 7.99. The van der Waals surface area contributed by atoms with E-state index in [1.165, 1.54) is 0 Å². The average molecular weight is 336 g/mol. The number of amidine groups is 1. The highest BCUT2D eigenvalue weighted by Gasteiger charge is 2.35. The van der Waals surface area contributed by atoms with Crippen molar-refractivity contribution in [3.63, 3.8) is 0 Å². The summed E-state index contributed by atoms with van der Waals surface area (Å²) in [5.41, 5.74) is -1.71. The molecule has 120 valence electrons. The number of benzene rings is 1. The maximum atomic E-state index is 13.2. The molecule has 1 aromatic rings. The first-order valence-electron chi connectivity index (χ1n) is 6.36. The summed E-state index contributed by atoms with van der Waals surface area (Å²) in [4.78, 5) is 4.03. The molecule has 0 spiro atoms. The maximum absolute atomic E-state index is 13.2. The topological polar surface area (TPSA) is 24.4 Å². The third-order valence-corrected chi connectivity index (χ3v) is 4.05. The van der Waals surface area contributed by atoms with E-state index in [0.717, 1.165) is 6.08 Å². The molecule has 1 aromatic carbocycles. The number of hydrogen-bond acceptors (Lipinski definition) is 3. The van der Waals surface area contributed by atoms with Gasteiger partial charge in [-0.2, -0.15) is 24.9 Å². The normalized spacial score (nSPS) is 19.6. The molecule has 1 heterocycles. The molecule has 0 saturated carbocycles. The Kier molecular flexibility index (Phi) is 5.10. The number of rotatable bonds is 3.